The second kappa shape index (κ2) is 11.5. The summed E-state index contributed by atoms with van der Waals surface area (Å²) in [5, 5.41) is 6.81. The van der Waals surface area contributed by atoms with Gasteiger partial charge >= 0.3 is 0 Å². The topological polar surface area (TPSA) is 17.8 Å². The Bertz CT molecular complexity index is 2850. The molecule has 0 aliphatic carbocycles. The molecular weight excluding hydrogens is 707 g/mol. The summed E-state index contributed by atoms with van der Waals surface area (Å²) in [6.07, 6.45) is 0. The first-order chi connectivity index (χ1) is 24.3. The van der Waals surface area contributed by atoms with Gasteiger partial charge in [-0.15, -0.1) is 0 Å². The van der Waals surface area contributed by atoms with E-state index in [0.717, 1.165) is 28.1 Å². The summed E-state index contributed by atoms with van der Waals surface area (Å²) in [4.78, 5) is 5.06. The second-order valence-electron chi connectivity index (χ2n) is 12.5. The molecule has 2 nitrogen and oxygen atoms in total. The fourth-order valence-corrected chi connectivity index (χ4v) is 10.9. The third-order valence-corrected chi connectivity index (χ3v) is 13.1. The summed E-state index contributed by atoms with van der Waals surface area (Å²) in [6, 6.07) is 64.0. The lowest BCUT2D eigenvalue weighted by Gasteiger charge is -2.19. The van der Waals surface area contributed by atoms with Crippen molar-refractivity contribution >= 4 is 58.9 Å². The molecule has 3 heteroatoms. The van der Waals surface area contributed by atoms with Crippen LogP contribution in [0.2, 0.25) is 0 Å². The Labute approximate surface area is 294 Å². The van der Waals surface area contributed by atoms with Gasteiger partial charge in [-0.05, 0) is 78.9 Å². The highest BCUT2D eigenvalue weighted by molar-refractivity contribution is 14.2. The first-order valence-corrected chi connectivity index (χ1v) is 18.8. The van der Waals surface area contributed by atoms with E-state index in [1.54, 1.807) is 0 Å². The molecule has 0 amide bonds. The minimum atomic E-state index is -0.367. The highest BCUT2D eigenvalue weighted by Gasteiger charge is 2.19. The summed E-state index contributed by atoms with van der Waals surface area (Å²) in [7, 11) is 0. The van der Waals surface area contributed by atoms with Gasteiger partial charge in [-0.3, -0.25) is 4.57 Å². The molecule has 10 rings (SSSR count). The molecule has 0 spiro atoms. The van der Waals surface area contributed by atoms with Gasteiger partial charge in [0.2, 0.25) is 0 Å². The molecule has 1 aliphatic rings. The van der Waals surface area contributed by atoms with Gasteiger partial charge in [0.25, 0.3) is 0 Å². The summed E-state index contributed by atoms with van der Waals surface area (Å²) in [5.41, 5.74) is 10.7. The van der Waals surface area contributed by atoms with Crippen molar-refractivity contribution < 1.29 is 0 Å². The maximum Gasteiger partial charge on any atom is 0.145 e. The van der Waals surface area contributed by atoms with E-state index < -0.39 is 0 Å². The number of benzene rings is 8. The van der Waals surface area contributed by atoms with Crippen LogP contribution in [0.15, 0.2) is 176 Å². The van der Waals surface area contributed by atoms with Gasteiger partial charge in [-0.1, -0.05) is 172 Å². The predicted octanol–water partition coefficient (Wildman–Crippen LogP) is 11.3. The number of nitrogens with zero attached hydrogens (tertiary/aromatic N) is 2. The molecule has 0 fully saturated rings. The molecule has 8 aromatic carbocycles. The molecule has 2 heterocycles. The van der Waals surface area contributed by atoms with E-state index in [-0.39, 0.29) is 20.7 Å². The van der Waals surface area contributed by atoms with E-state index in [4.69, 9.17) is 4.98 Å². The molecule has 0 N–H and O–H groups in total. The lowest BCUT2D eigenvalue weighted by Crippen LogP contribution is -2.14. The fourth-order valence-electron chi connectivity index (χ4n) is 7.31. The van der Waals surface area contributed by atoms with Gasteiger partial charge in [0, 0.05) is 18.0 Å². The van der Waals surface area contributed by atoms with E-state index in [0.29, 0.717) is 0 Å². The molecule has 0 radical (unpaired) electrons. The average Bonchev–Trinajstić information content (AvgIpc) is 3.57. The molecule has 230 valence electrons. The molecule has 0 bridgehead atoms. The zero-order valence-electron chi connectivity index (χ0n) is 26.5. The van der Waals surface area contributed by atoms with E-state index in [9.17, 15) is 0 Å². The number of hydrogen-bond acceptors (Lipinski definition) is 1. The standard InChI is InChI=1S/C46H29IN2/c1-2-12-36(13-3-1)49-42-17-9-8-16-41(42)48-46(49)35-24-20-31(21-25-35)30-18-22-34(23-19-30)43-39-28-26-32-10-4-6-14-37(32)44(39)47-45-38-15-7-5-11-33(38)27-29-40(43)45/h1-29H. The maximum atomic E-state index is 5.06. The summed E-state index contributed by atoms with van der Waals surface area (Å²) < 4.78 is 5.30. The van der Waals surface area contributed by atoms with Crippen LogP contribution in [-0.4, -0.2) is 9.55 Å². The molecule has 9 aromatic rings. The minimum absolute atomic E-state index is 0.367. The molecule has 0 saturated heterocycles. The van der Waals surface area contributed by atoms with E-state index >= 15 is 0 Å². The van der Waals surface area contributed by atoms with Crippen molar-refractivity contribution in [1.82, 2.24) is 9.55 Å². The zero-order chi connectivity index (χ0) is 32.3. The number of rotatable bonds is 4. The lowest BCUT2D eigenvalue weighted by molar-refractivity contribution is 1.10. The quantitative estimate of drug-likeness (QED) is 0.165. The van der Waals surface area contributed by atoms with Gasteiger partial charge in [0.05, 0.1) is 11.0 Å². The largest absolute Gasteiger partial charge is 0.292 e. The van der Waals surface area contributed by atoms with E-state index in [1.165, 1.54) is 61.3 Å². The number of fused-ring (bicyclic) bond motifs is 7. The fraction of sp³-hybridized carbons (Fsp3) is 0. The van der Waals surface area contributed by atoms with Crippen molar-refractivity contribution in [2.45, 2.75) is 0 Å². The number of hydrogen-bond donors (Lipinski definition) is 0. The lowest BCUT2D eigenvalue weighted by atomic mass is 9.91. The Kier molecular flexibility index (Phi) is 6.66. The molecule has 0 saturated carbocycles. The Hall–Kier alpha value is -5.65. The second-order valence-corrected chi connectivity index (χ2v) is 15.2. The van der Waals surface area contributed by atoms with Gasteiger partial charge < -0.3 is 0 Å². The Balaban J connectivity index is 1.08. The van der Waals surface area contributed by atoms with Crippen LogP contribution in [0.25, 0.3) is 66.4 Å². The van der Waals surface area contributed by atoms with Crippen molar-refractivity contribution in [3.63, 3.8) is 0 Å². The van der Waals surface area contributed by atoms with Gasteiger partial charge in [0.15, 0.2) is 0 Å². The van der Waals surface area contributed by atoms with Crippen LogP contribution in [0.5, 0.6) is 0 Å². The number of para-hydroxylation sites is 3. The first kappa shape index (κ1) is 28.4. The van der Waals surface area contributed by atoms with Crippen molar-refractivity contribution in [2.24, 2.45) is 0 Å². The van der Waals surface area contributed by atoms with Crippen molar-refractivity contribution in [1.29, 1.82) is 0 Å². The smallest absolute Gasteiger partial charge is 0.145 e. The van der Waals surface area contributed by atoms with Crippen LogP contribution in [0.3, 0.4) is 0 Å². The number of aromatic nitrogens is 2. The molecule has 0 unspecified atom stereocenters. The first-order valence-electron chi connectivity index (χ1n) is 16.6. The SMILES string of the molecule is c1ccc(-n2c(-c3ccc(-c4ccc(C5=c6ccc7ccccc7c6=Ic6c5ccc5ccccc65)cc4)cc3)nc3ccccc32)cc1. The highest BCUT2D eigenvalue weighted by atomic mass is 127. The van der Waals surface area contributed by atoms with Crippen LogP contribution in [-0.2, 0) is 0 Å². The van der Waals surface area contributed by atoms with Gasteiger partial charge in [-0.25, -0.2) is 4.98 Å². The molecular formula is C46H29IN2. The van der Waals surface area contributed by atoms with Crippen molar-refractivity contribution in [3.8, 4) is 28.2 Å². The molecule has 1 aromatic heterocycles. The van der Waals surface area contributed by atoms with Crippen LogP contribution in [0.1, 0.15) is 11.1 Å². The summed E-state index contributed by atoms with van der Waals surface area (Å²) in [6.45, 7) is 0. The number of halogens is 1. The summed E-state index contributed by atoms with van der Waals surface area (Å²) in [5.74, 6) is 0.947. The Morgan fingerprint density at radius 2 is 1.04 bits per heavy atom. The maximum absolute atomic E-state index is 5.06. The van der Waals surface area contributed by atoms with Crippen LogP contribution < -0.4 is 5.22 Å². The van der Waals surface area contributed by atoms with Crippen LogP contribution in [0.4, 0.5) is 0 Å². The molecule has 1 aliphatic heterocycles. The summed E-state index contributed by atoms with van der Waals surface area (Å²) >= 11 is -0.367. The monoisotopic (exact) mass is 736 g/mol. The van der Waals surface area contributed by atoms with Crippen molar-refractivity contribution in [3.05, 3.63) is 199 Å². The normalized spacial score (nSPS) is 12.4. The Morgan fingerprint density at radius 3 is 1.82 bits per heavy atom. The zero-order valence-corrected chi connectivity index (χ0v) is 28.7. The van der Waals surface area contributed by atoms with Crippen LogP contribution in [0, 0.1) is 6.72 Å². The van der Waals surface area contributed by atoms with Gasteiger partial charge in [-0.2, -0.15) is 0 Å². The number of imidazole rings is 1. The van der Waals surface area contributed by atoms with Gasteiger partial charge in [0.1, 0.15) is 5.82 Å². The highest BCUT2D eigenvalue weighted by Crippen LogP contribution is 2.39. The molecule has 0 atom stereocenters. The third kappa shape index (κ3) is 4.68. The third-order valence-electron chi connectivity index (χ3n) is 9.68. The van der Waals surface area contributed by atoms with Crippen LogP contribution >= 0.6 is 20.7 Å². The average molecular weight is 737 g/mol. The van der Waals surface area contributed by atoms with Crippen molar-refractivity contribution in [2.75, 3.05) is 0 Å². The van der Waals surface area contributed by atoms with E-state index in [1.807, 2.05) is 0 Å². The predicted molar refractivity (Wildman–Crippen MR) is 213 cm³/mol. The minimum Gasteiger partial charge on any atom is -0.292 e. The Morgan fingerprint density at radius 1 is 0.449 bits per heavy atom. The van der Waals surface area contributed by atoms with E-state index in [2.05, 4.69) is 180 Å². The molecule has 49 heavy (non-hydrogen) atoms.